The van der Waals surface area contributed by atoms with Crippen LogP contribution in [0.15, 0.2) is 72.9 Å². The van der Waals surface area contributed by atoms with Crippen molar-refractivity contribution in [3.8, 4) is 0 Å². The summed E-state index contributed by atoms with van der Waals surface area (Å²) in [5, 5.41) is 11.0. The molecule has 0 rings (SSSR count). The number of aliphatic carboxylic acids is 1. The number of hydrogen-bond acceptors (Lipinski definition) is 4. The number of carbonyl (C=O) groups is 3. The summed E-state index contributed by atoms with van der Waals surface area (Å²) < 4.78 is 5.88. The first-order valence-corrected chi connectivity index (χ1v) is 18.6. The fourth-order valence-electron chi connectivity index (χ4n) is 4.85. The smallest absolute Gasteiger partial charge is 0.322 e. The Balaban J connectivity index is 4.38. The van der Waals surface area contributed by atoms with Gasteiger partial charge in [0.25, 0.3) is 0 Å². The van der Waals surface area contributed by atoms with Crippen molar-refractivity contribution in [3.63, 3.8) is 0 Å². The molecule has 2 N–H and O–H groups in total. The Morgan fingerprint density at radius 1 is 0.596 bits per heavy atom. The van der Waals surface area contributed by atoms with Gasteiger partial charge in [-0.05, 0) is 83.1 Å². The van der Waals surface area contributed by atoms with Gasteiger partial charge in [-0.1, -0.05) is 132 Å². The molecular weight excluding hydrogens is 586 g/mol. The second-order valence-corrected chi connectivity index (χ2v) is 12.1. The van der Waals surface area contributed by atoms with E-state index in [1.54, 1.807) is 0 Å². The molecule has 0 saturated heterocycles. The lowest BCUT2D eigenvalue weighted by molar-refractivity contribution is -0.147. The predicted molar refractivity (Wildman–Crippen MR) is 198 cm³/mol. The molecule has 1 amide bonds. The second-order valence-electron chi connectivity index (χ2n) is 12.1. The molecule has 0 bridgehead atoms. The summed E-state index contributed by atoms with van der Waals surface area (Å²) in [5.74, 6) is -1.36. The molecule has 1 atom stereocenters. The highest BCUT2D eigenvalue weighted by molar-refractivity contribution is 5.80. The Kier molecular flexibility index (Phi) is 33.3. The molecule has 1 unspecified atom stereocenters. The van der Waals surface area contributed by atoms with E-state index in [-0.39, 0.29) is 24.5 Å². The molecule has 0 aliphatic heterocycles. The topological polar surface area (TPSA) is 92.7 Å². The number of carboxylic acid groups (broad SMARTS) is 1. The molecule has 0 radical (unpaired) electrons. The van der Waals surface area contributed by atoms with Gasteiger partial charge in [0.2, 0.25) is 5.91 Å². The summed E-state index contributed by atoms with van der Waals surface area (Å²) >= 11 is 0. The van der Waals surface area contributed by atoms with Crippen molar-refractivity contribution in [2.24, 2.45) is 0 Å². The van der Waals surface area contributed by atoms with Gasteiger partial charge in [-0.15, -0.1) is 0 Å². The van der Waals surface area contributed by atoms with Crippen LogP contribution in [0, 0.1) is 0 Å². The van der Waals surface area contributed by atoms with Crippen LogP contribution in [-0.2, 0) is 19.1 Å². The van der Waals surface area contributed by atoms with Gasteiger partial charge in [0.15, 0.2) is 0 Å². The molecule has 0 aliphatic carbocycles. The van der Waals surface area contributed by atoms with Gasteiger partial charge in [-0.2, -0.15) is 0 Å². The van der Waals surface area contributed by atoms with E-state index in [0.717, 1.165) is 96.3 Å². The first-order chi connectivity index (χ1) is 23.0. The Hall–Kier alpha value is -3.15. The lowest BCUT2D eigenvalue weighted by Gasteiger charge is -2.14. The van der Waals surface area contributed by atoms with Crippen LogP contribution >= 0.6 is 0 Å². The molecule has 0 aromatic carbocycles. The van der Waals surface area contributed by atoms with Crippen molar-refractivity contribution < 1.29 is 24.2 Å². The SMILES string of the molecule is CC/C=C\C/C=C\C/C=C\C/C=C\C(CCCCCCCC(=O)NCC(=O)O)OC(=O)CCCCCCC/C=C\C/C=C\CCCC. The molecule has 6 nitrogen and oxygen atoms in total. The van der Waals surface area contributed by atoms with Gasteiger partial charge < -0.3 is 15.2 Å². The Morgan fingerprint density at radius 2 is 1.11 bits per heavy atom. The highest BCUT2D eigenvalue weighted by atomic mass is 16.5. The maximum absolute atomic E-state index is 12.6. The van der Waals surface area contributed by atoms with E-state index in [9.17, 15) is 14.4 Å². The van der Waals surface area contributed by atoms with Crippen LogP contribution < -0.4 is 5.32 Å². The van der Waals surface area contributed by atoms with E-state index in [1.807, 2.05) is 6.08 Å². The summed E-state index contributed by atoms with van der Waals surface area (Å²) in [6.07, 6.45) is 47.4. The third-order valence-corrected chi connectivity index (χ3v) is 7.60. The van der Waals surface area contributed by atoms with Crippen molar-refractivity contribution in [2.75, 3.05) is 6.54 Å². The van der Waals surface area contributed by atoms with Gasteiger partial charge in [0.05, 0.1) is 0 Å². The molecule has 0 saturated carbocycles. The van der Waals surface area contributed by atoms with Crippen molar-refractivity contribution in [1.29, 1.82) is 0 Å². The first-order valence-electron chi connectivity index (χ1n) is 18.6. The Labute approximate surface area is 287 Å². The third kappa shape index (κ3) is 35.5. The summed E-state index contributed by atoms with van der Waals surface area (Å²) in [6, 6.07) is 0. The fourth-order valence-corrected chi connectivity index (χ4v) is 4.85. The highest BCUT2D eigenvalue weighted by Gasteiger charge is 2.11. The van der Waals surface area contributed by atoms with E-state index < -0.39 is 5.97 Å². The van der Waals surface area contributed by atoms with Gasteiger partial charge in [-0.3, -0.25) is 14.4 Å². The number of amides is 1. The average Bonchev–Trinajstić information content (AvgIpc) is 3.05. The molecular formula is C41H67NO5. The van der Waals surface area contributed by atoms with Crippen molar-refractivity contribution in [1.82, 2.24) is 5.32 Å². The van der Waals surface area contributed by atoms with Gasteiger partial charge in [0, 0.05) is 12.8 Å². The van der Waals surface area contributed by atoms with Crippen molar-refractivity contribution in [2.45, 2.75) is 161 Å². The minimum absolute atomic E-state index is 0.111. The summed E-state index contributed by atoms with van der Waals surface area (Å²) in [6.45, 7) is 4.03. The van der Waals surface area contributed by atoms with Crippen LogP contribution in [0.4, 0.5) is 0 Å². The number of carbonyl (C=O) groups excluding carboxylic acids is 2. The highest BCUT2D eigenvalue weighted by Crippen LogP contribution is 2.14. The number of carboxylic acids is 1. The summed E-state index contributed by atoms with van der Waals surface area (Å²) in [5.41, 5.74) is 0. The van der Waals surface area contributed by atoms with Crippen LogP contribution in [0.5, 0.6) is 0 Å². The summed E-state index contributed by atoms with van der Waals surface area (Å²) in [4.78, 5) is 34.8. The van der Waals surface area contributed by atoms with E-state index in [2.05, 4.69) is 86.0 Å². The van der Waals surface area contributed by atoms with Crippen LogP contribution in [0.3, 0.4) is 0 Å². The monoisotopic (exact) mass is 654 g/mol. The standard InChI is InChI=1S/C41H67NO5/c1-3-5-7-9-11-13-15-16-17-19-21-23-28-32-36-41(46)47-38(33-29-25-22-20-18-14-12-10-8-6-4-2)34-30-26-24-27-31-35-39(43)42-37-40(44)45/h6,8-9,11-12,14-16,20,22,29,33,38H,3-5,7,10,13,17-19,21,23-28,30-32,34-37H2,1-2H3,(H,42,43)(H,44,45)/b8-6-,11-9-,14-12-,16-15-,22-20-,33-29-. The van der Waals surface area contributed by atoms with Crippen LogP contribution in [0.2, 0.25) is 0 Å². The van der Waals surface area contributed by atoms with E-state index in [0.29, 0.717) is 12.8 Å². The Bertz CT molecular complexity index is 943. The third-order valence-electron chi connectivity index (χ3n) is 7.60. The van der Waals surface area contributed by atoms with E-state index in [1.165, 1.54) is 32.1 Å². The molecule has 0 aromatic heterocycles. The van der Waals surface area contributed by atoms with Crippen molar-refractivity contribution in [3.05, 3.63) is 72.9 Å². The number of allylic oxidation sites excluding steroid dienone is 11. The van der Waals surface area contributed by atoms with Crippen molar-refractivity contribution >= 4 is 17.8 Å². The fraction of sp³-hybridized carbons (Fsp3) is 0.634. The molecule has 0 aliphatic rings. The lowest BCUT2D eigenvalue weighted by Crippen LogP contribution is -2.28. The van der Waals surface area contributed by atoms with E-state index in [4.69, 9.17) is 9.84 Å². The molecule has 0 heterocycles. The second kappa shape index (κ2) is 35.7. The molecule has 6 heteroatoms. The molecule has 0 aromatic rings. The van der Waals surface area contributed by atoms with Crippen LogP contribution in [-0.4, -0.2) is 35.6 Å². The summed E-state index contributed by atoms with van der Waals surface area (Å²) in [7, 11) is 0. The van der Waals surface area contributed by atoms with Crippen LogP contribution in [0.1, 0.15) is 155 Å². The van der Waals surface area contributed by atoms with E-state index >= 15 is 0 Å². The number of esters is 1. The average molecular weight is 654 g/mol. The zero-order chi connectivity index (χ0) is 34.5. The predicted octanol–water partition coefficient (Wildman–Crippen LogP) is 11.1. The maximum Gasteiger partial charge on any atom is 0.322 e. The zero-order valence-corrected chi connectivity index (χ0v) is 29.8. The number of unbranched alkanes of at least 4 members (excludes halogenated alkanes) is 11. The minimum Gasteiger partial charge on any atom is -0.480 e. The lowest BCUT2D eigenvalue weighted by atomic mass is 10.1. The number of hydrogen-bond donors (Lipinski definition) is 2. The number of ether oxygens (including phenoxy) is 1. The quantitative estimate of drug-likeness (QED) is 0.0428. The largest absolute Gasteiger partial charge is 0.480 e. The molecule has 0 spiro atoms. The maximum atomic E-state index is 12.6. The van der Waals surface area contributed by atoms with Gasteiger partial charge in [0.1, 0.15) is 12.6 Å². The zero-order valence-electron chi connectivity index (χ0n) is 29.8. The van der Waals surface area contributed by atoms with Crippen LogP contribution in [0.25, 0.3) is 0 Å². The minimum atomic E-state index is -1.03. The Morgan fingerprint density at radius 3 is 1.72 bits per heavy atom. The van der Waals surface area contributed by atoms with Gasteiger partial charge >= 0.3 is 11.9 Å². The first kappa shape index (κ1) is 43.9. The molecule has 0 fully saturated rings. The number of nitrogens with one attached hydrogen (secondary N) is 1. The normalized spacial score (nSPS) is 12.9. The van der Waals surface area contributed by atoms with Gasteiger partial charge in [-0.25, -0.2) is 0 Å². The molecule has 266 valence electrons. The molecule has 47 heavy (non-hydrogen) atoms. The number of rotatable bonds is 32.